The molecule has 50 heavy (non-hydrogen) atoms. The van der Waals surface area contributed by atoms with E-state index in [9.17, 15) is 9.90 Å². The highest BCUT2D eigenvalue weighted by Crippen LogP contribution is 2.38. The number of pyridine rings is 1. The Morgan fingerprint density at radius 3 is 2.40 bits per heavy atom. The predicted molar refractivity (Wildman–Crippen MR) is 196 cm³/mol. The van der Waals surface area contributed by atoms with Crippen LogP contribution in [0.5, 0.6) is 17.2 Å². The molecular weight excluding hydrogens is 655 g/mol. The third kappa shape index (κ3) is 6.17. The lowest BCUT2D eigenvalue weighted by Gasteiger charge is -2.42. The zero-order valence-electron chi connectivity index (χ0n) is 29.1. The predicted octanol–water partition coefficient (Wildman–Crippen LogP) is 6.69. The van der Waals surface area contributed by atoms with Crippen molar-refractivity contribution in [1.82, 2.24) is 19.4 Å². The van der Waals surface area contributed by atoms with E-state index in [1.807, 2.05) is 74.4 Å². The minimum Gasteiger partial charge on any atom is -0.508 e. The summed E-state index contributed by atoms with van der Waals surface area (Å²) in [5.74, 6) is 1.85. The Bertz CT molecular complexity index is 2170. The summed E-state index contributed by atoms with van der Waals surface area (Å²) >= 11 is 1.41. The van der Waals surface area contributed by atoms with Gasteiger partial charge in [-0.1, -0.05) is 36.0 Å². The minimum absolute atomic E-state index is 0.0740. The van der Waals surface area contributed by atoms with Crippen molar-refractivity contribution in [3.63, 3.8) is 0 Å². The van der Waals surface area contributed by atoms with Crippen LogP contribution in [-0.2, 0) is 11.3 Å². The second kappa shape index (κ2) is 13.1. The zero-order chi connectivity index (χ0) is 35.3. The fourth-order valence-corrected chi connectivity index (χ4v) is 7.62. The van der Waals surface area contributed by atoms with Crippen LogP contribution in [0.25, 0.3) is 32.9 Å². The average molecular weight is 696 g/mol. The normalized spacial score (nSPS) is 17.4. The molecule has 4 heterocycles. The molecule has 1 N–H and O–H groups in total. The molecule has 2 aliphatic heterocycles. The van der Waals surface area contributed by atoms with E-state index in [4.69, 9.17) is 24.2 Å². The van der Waals surface area contributed by atoms with Gasteiger partial charge in [-0.15, -0.1) is 0 Å². The number of phenols is 1. The van der Waals surface area contributed by atoms with Crippen LogP contribution in [0.15, 0.2) is 70.6 Å². The molecule has 2 fully saturated rings. The molecule has 2 unspecified atom stereocenters. The van der Waals surface area contributed by atoms with Crippen LogP contribution in [-0.4, -0.2) is 81.9 Å². The lowest BCUT2D eigenvalue weighted by atomic mass is 9.99. The summed E-state index contributed by atoms with van der Waals surface area (Å²) in [5.41, 5.74) is 1.70. The molecule has 7 rings (SSSR count). The first-order valence-corrected chi connectivity index (χ1v) is 17.9. The Morgan fingerprint density at radius 1 is 0.980 bits per heavy atom. The number of rotatable bonds is 7. The quantitative estimate of drug-likeness (QED) is 0.146. The molecule has 260 valence electrons. The molecule has 2 atom stereocenters. The molecule has 2 saturated heterocycles. The topological polar surface area (TPSA) is 119 Å². The summed E-state index contributed by atoms with van der Waals surface area (Å²) in [6.07, 6.45) is 3.29. The number of aromatic hydroxyl groups is 1. The highest BCUT2D eigenvalue weighted by Gasteiger charge is 2.45. The molecule has 2 aromatic heterocycles. The molecule has 2 bridgehead atoms. The van der Waals surface area contributed by atoms with Gasteiger partial charge in [0.25, 0.3) is 5.56 Å². The van der Waals surface area contributed by atoms with Gasteiger partial charge < -0.3 is 28.8 Å². The molecule has 0 saturated carbocycles. The average Bonchev–Trinajstić information content (AvgIpc) is 3.37. The van der Waals surface area contributed by atoms with E-state index >= 15 is 4.79 Å². The molecule has 11 nitrogen and oxygen atoms in total. The second-order valence-electron chi connectivity index (χ2n) is 13.8. The zero-order valence-corrected chi connectivity index (χ0v) is 29.9. The Balaban J connectivity index is 1.42. The van der Waals surface area contributed by atoms with Crippen LogP contribution in [0.3, 0.4) is 0 Å². The molecule has 0 aliphatic carbocycles. The fourth-order valence-electron chi connectivity index (χ4n) is 7.25. The number of carbonyl (C=O) groups excluding carboxylic acids is 1. The van der Waals surface area contributed by atoms with E-state index in [1.165, 1.54) is 11.8 Å². The van der Waals surface area contributed by atoms with E-state index in [2.05, 4.69) is 4.90 Å². The van der Waals surface area contributed by atoms with Crippen molar-refractivity contribution in [2.24, 2.45) is 0 Å². The lowest BCUT2D eigenvalue weighted by Crippen LogP contribution is -2.57. The number of thioether (sulfide) groups is 1. The Kier molecular flexibility index (Phi) is 8.75. The largest absolute Gasteiger partial charge is 0.508 e. The number of hydrogen-bond acceptors (Lipinski definition) is 10. The van der Waals surface area contributed by atoms with E-state index in [0.717, 1.165) is 29.2 Å². The van der Waals surface area contributed by atoms with Crippen molar-refractivity contribution in [2.75, 3.05) is 38.5 Å². The van der Waals surface area contributed by atoms with Crippen LogP contribution >= 0.6 is 11.8 Å². The van der Waals surface area contributed by atoms with Crippen LogP contribution in [0, 0.1) is 0 Å². The molecule has 5 aromatic rings. The van der Waals surface area contributed by atoms with Crippen molar-refractivity contribution in [3.8, 4) is 28.5 Å². The van der Waals surface area contributed by atoms with Gasteiger partial charge in [0.15, 0.2) is 5.16 Å². The maximum absolute atomic E-state index is 15.1. The Hall–Kier alpha value is -4.97. The van der Waals surface area contributed by atoms with Gasteiger partial charge in [-0.3, -0.25) is 9.69 Å². The number of nitrogens with zero attached hydrogens (tertiary/aromatic N) is 5. The summed E-state index contributed by atoms with van der Waals surface area (Å²) in [7, 11) is 3.18. The van der Waals surface area contributed by atoms with Gasteiger partial charge in [0, 0.05) is 30.3 Å². The number of piperazine rings is 1. The molecule has 1 amide bonds. The number of benzene rings is 3. The first kappa shape index (κ1) is 33.5. The summed E-state index contributed by atoms with van der Waals surface area (Å²) in [6.45, 7) is 6.82. The van der Waals surface area contributed by atoms with Crippen LogP contribution in [0.1, 0.15) is 39.2 Å². The van der Waals surface area contributed by atoms with Gasteiger partial charge in [-0.05, 0) is 81.0 Å². The second-order valence-corrected chi connectivity index (χ2v) is 14.6. The summed E-state index contributed by atoms with van der Waals surface area (Å²) in [4.78, 5) is 42.2. The molecule has 3 aromatic carbocycles. The maximum atomic E-state index is 15.1. The van der Waals surface area contributed by atoms with Crippen LogP contribution < -0.4 is 19.9 Å². The highest BCUT2D eigenvalue weighted by molar-refractivity contribution is 7.98. The number of methoxy groups -OCH3 is 2. The molecule has 0 spiro atoms. The van der Waals surface area contributed by atoms with Crippen molar-refractivity contribution in [3.05, 3.63) is 76.6 Å². The van der Waals surface area contributed by atoms with Crippen molar-refractivity contribution < 1.29 is 24.1 Å². The van der Waals surface area contributed by atoms with E-state index < -0.39 is 5.60 Å². The van der Waals surface area contributed by atoms with E-state index in [0.29, 0.717) is 57.7 Å². The van der Waals surface area contributed by atoms with Gasteiger partial charge in [-0.25, -0.2) is 14.8 Å². The van der Waals surface area contributed by atoms with Gasteiger partial charge in [-0.2, -0.15) is 0 Å². The first-order valence-electron chi connectivity index (χ1n) is 16.7. The third-order valence-corrected chi connectivity index (χ3v) is 9.98. The number of aromatic nitrogens is 3. The first-order chi connectivity index (χ1) is 24.0. The number of anilines is 1. The number of carbonyl (C=O) groups is 1. The van der Waals surface area contributed by atoms with E-state index in [1.54, 1.807) is 37.0 Å². The Morgan fingerprint density at radius 2 is 1.72 bits per heavy atom. The molecule has 2 aliphatic rings. The number of hydrogen-bond donors (Lipinski definition) is 1. The smallest absolute Gasteiger partial charge is 0.410 e. The fraction of sp³-hybridized carbons (Fsp3) is 0.368. The molecular formula is C38H41N5O6S. The number of amides is 1. The number of phenolic OH excluding ortho intramolecular Hbond substituents is 1. The standard InChI is InChI=1S/C38H41N5O6S/c1-38(2,3)49-37(46)43-24-12-13-25(43)21-41(20-24)34-33-30(39-36(40-34)50-6)18-31(29-16-26(44)15-22-9-7-8-10-28(22)29)42(35(33)45)19-23-11-14-27(47-4)17-32(23)48-5/h7-11,14-18,24-25,44H,12-13,19-21H2,1-6H3. The van der Waals surface area contributed by atoms with Crippen LogP contribution in [0.2, 0.25) is 0 Å². The monoisotopic (exact) mass is 695 g/mol. The summed E-state index contributed by atoms with van der Waals surface area (Å²) in [6, 6.07) is 18.5. The third-order valence-electron chi connectivity index (χ3n) is 9.43. The lowest BCUT2D eigenvalue weighted by molar-refractivity contribution is 0.0123. The molecule has 0 radical (unpaired) electrons. The highest BCUT2D eigenvalue weighted by atomic mass is 32.2. The molecule has 12 heteroatoms. The van der Waals surface area contributed by atoms with Crippen molar-refractivity contribution >= 4 is 45.3 Å². The van der Waals surface area contributed by atoms with Gasteiger partial charge >= 0.3 is 6.09 Å². The van der Waals surface area contributed by atoms with E-state index in [-0.39, 0.29) is 36.0 Å². The summed E-state index contributed by atoms with van der Waals surface area (Å²) in [5, 5.41) is 13.5. The number of fused-ring (bicyclic) bond motifs is 4. The van der Waals surface area contributed by atoms with Crippen molar-refractivity contribution in [2.45, 2.75) is 63.0 Å². The Labute approximate surface area is 294 Å². The maximum Gasteiger partial charge on any atom is 0.410 e. The van der Waals surface area contributed by atoms with Gasteiger partial charge in [0.1, 0.15) is 34.1 Å². The van der Waals surface area contributed by atoms with Crippen LogP contribution in [0.4, 0.5) is 10.6 Å². The van der Waals surface area contributed by atoms with Crippen molar-refractivity contribution in [1.29, 1.82) is 0 Å². The minimum atomic E-state index is -0.597. The number of ether oxygens (including phenoxy) is 3. The van der Waals surface area contributed by atoms with Gasteiger partial charge in [0.2, 0.25) is 0 Å². The van der Waals surface area contributed by atoms with Gasteiger partial charge in [0.05, 0.1) is 44.1 Å². The SMILES string of the molecule is COc1ccc(Cn2c(-c3cc(O)cc4ccccc34)cc3nc(SC)nc(N4CC5CCC(C4)N5C(=O)OC(C)(C)C)c3c2=O)c(OC)c1. The summed E-state index contributed by atoms with van der Waals surface area (Å²) < 4.78 is 18.7.